The van der Waals surface area contributed by atoms with Crippen LogP contribution in [0.2, 0.25) is 0 Å². The van der Waals surface area contributed by atoms with Crippen LogP contribution in [0.15, 0.2) is 18.2 Å². The lowest BCUT2D eigenvalue weighted by Gasteiger charge is -2.35. The van der Waals surface area contributed by atoms with E-state index in [0.29, 0.717) is 11.6 Å². The second-order valence-electron chi connectivity index (χ2n) is 7.81. The minimum Gasteiger partial charge on any atom is -0.444 e. The van der Waals surface area contributed by atoms with Gasteiger partial charge in [0.1, 0.15) is 11.4 Å². The molecule has 24 heavy (non-hydrogen) atoms. The molecule has 134 valence electrons. The molecule has 2 N–H and O–H groups in total. The van der Waals surface area contributed by atoms with Gasteiger partial charge in [0.05, 0.1) is 0 Å². The molecule has 0 spiro atoms. The summed E-state index contributed by atoms with van der Waals surface area (Å²) in [6.45, 7) is 5.62. The highest BCUT2D eigenvalue weighted by atomic mass is 19.1. The van der Waals surface area contributed by atoms with Crippen LogP contribution in [-0.4, -0.2) is 29.7 Å². The quantitative estimate of drug-likeness (QED) is 0.834. The molecule has 1 saturated carbocycles. The Hall–Kier alpha value is -1.78. The van der Waals surface area contributed by atoms with Gasteiger partial charge in [-0.15, -0.1) is 0 Å². The summed E-state index contributed by atoms with van der Waals surface area (Å²) in [6, 6.07) is 4.77. The van der Waals surface area contributed by atoms with Gasteiger partial charge in [-0.3, -0.25) is 0 Å². The van der Waals surface area contributed by atoms with Crippen molar-refractivity contribution in [2.24, 2.45) is 5.92 Å². The molecule has 0 radical (unpaired) electrons. The van der Waals surface area contributed by atoms with Crippen molar-refractivity contribution in [1.29, 1.82) is 0 Å². The van der Waals surface area contributed by atoms with Crippen LogP contribution in [0.25, 0.3) is 0 Å². The first-order chi connectivity index (χ1) is 11.2. The molecule has 0 unspecified atom stereocenters. The highest BCUT2D eigenvalue weighted by Crippen LogP contribution is 2.31. The van der Waals surface area contributed by atoms with E-state index in [-0.39, 0.29) is 18.0 Å². The second-order valence-corrected chi connectivity index (χ2v) is 7.81. The molecule has 0 atom stereocenters. The van der Waals surface area contributed by atoms with Crippen LogP contribution in [0.4, 0.5) is 14.9 Å². The number of carbonyl (C=O) groups excluding carboxylic acids is 1. The molecule has 1 amide bonds. The van der Waals surface area contributed by atoms with Crippen molar-refractivity contribution in [2.75, 3.05) is 12.8 Å². The summed E-state index contributed by atoms with van der Waals surface area (Å²) in [7, 11) is 1.81. The third-order valence-corrected chi connectivity index (χ3v) is 4.66. The van der Waals surface area contributed by atoms with Crippen LogP contribution in [0.5, 0.6) is 0 Å². The molecule has 1 aromatic carbocycles. The molecule has 0 bridgehead atoms. The van der Waals surface area contributed by atoms with Gasteiger partial charge in [-0.2, -0.15) is 0 Å². The fraction of sp³-hybridized carbons (Fsp3) is 0.632. The van der Waals surface area contributed by atoms with E-state index in [1.165, 1.54) is 12.1 Å². The van der Waals surface area contributed by atoms with Gasteiger partial charge in [-0.1, -0.05) is 0 Å². The fourth-order valence-electron chi connectivity index (χ4n) is 3.28. The van der Waals surface area contributed by atoms with Crippen molar-refractivity contribution in [3.63, 3.8) is 0 Å². The molecule has 0 saturated heterocycles. The first-order valence-corrected chi connectivity index (χ1v) is 8.65. The molecular formula is C19H29FN2O2. The van der Waals surface area contributed by atoms with E-state index in [4.69, 9.17) is 10.5 Å². The summed E-state index contributed by atoms with van der Waals surface area (Å²) in [5.74, 6) is 0.245. The summed E-state index contributed by atoms with van der Waals surface area (Å²) in [4.78, 5) is 13.9. The number of benzene rings is 1. The van der Waals surface area contributed by atoms with E-state index in [9.17, 15) is 9.18 Å². The van der Waals surface area contributed by atoms with Crippen LogP contribution in [-0.2, 0) is 11.2 Å². The van der Waals surface area contributed by atoms with Crippen molar-refractivity contribution in [3.8, 4) is 0 Å². The average Bonchev–Trinajstić information content (AvgIpc) is 2.49. The van der Waals surface area contributed by atoms with Crippen LogP contribution < -0.4 is 5.73 Å². The van der Waals surface area contributed by atoms with Crippen LogP contribution in [0.1, 0.15) is 52.0 Å². The second kappa shape index (κ2) is 7.41. The SMILES string of the molecule is CN(C(=O)OC(C)(C)C)C1CCC(Cc2cc(F)ccc2N)CC1. The summed E-state index contributed by atoms with van der Waals surface area (Å²) in [5, 5.41) is 0. The Labute approximate surface area is 144 Å². The van der Waals surface area contributed by atoms with Gasteiger partial charge in [0.2, 0.25) is 0 Å². The summed E-state index contributed by atoms with van der Waals surface area (Å²) in [6.07, 6.45) is 4.43. The Morgan fingerprint density at radius 1 is 1.29 bits per heavy atom. The molecule has 1 aliphatic rings. The monoisotopic (exact) mass is 336 g/mol. The molecular weight excluding hydrogens is 307 g/mol. The number of hydrogen-bond acceptors (Lipinski definition) is 3. The number of amides is 1. The normalized spacial score (nSPS) is 21.4. The number of halogens is 1. The van der Waals surface area contributed by atoms with E-state index in [2.05, 4.69) is 0 Å². The predicted molar refractivity (Wildman–Crippen MR) is 94.3 cm³/mol. The highest BCUT2D eigenvalue weighted by Gasteiger charge is 2.29. The number of anilines is 1. The number of ether oxygens (including phenoxy) is 1. The third kappa shape index (κ3) is 5.11. The maximum absolute atomic E-state index is 13.4. The van der Waals surface area contributed by atoms with Gasteiger partial charge < -0.3 is 15.4 Å². The van der Waals surface area contributed by atoms with Gasteiger partial charge in [-0.05, 0) is 82.6 Å². The number of hydrogen-bond donors (Lipinski definition) is 1. The van der Waals surface area contributed by atoms with Crippen molar-refractivity contribution in [1.82, 2.24) is 4.90 Å². The summed E-state index contributed by atoms with van der Waals surface area (Å²) >= 11 is 0. The Bertz CT molecular complexity index is 575. The van der Waals surface area contributed by atoms with Gasteiger partial charge >= 0.3 is 6.09 Å². The van der Waals surface area contributed by atoms with Crippen molar-refractivity contribution in [2.45, 2.75) is 64.5 Å². The molecule has 5 heteroatoms. The van der Waals surface area contributed by atoms with Crippen molar-refractivity contribution < 1.29 is 13.9 Å². The first kappa shape index (κ1) is 18.6. The highest BCUT2D eigenvalue weighted by molar-refractivity contribution is 5.68. The van der Waals surface area contributed by atoms with Crippen molar-refractivity contribution >= 4 is 11.8 Å². The van der Waals surface area contributed by atoms with Crippen molar-refractivity contribution in [3.05, 3.63) is 29.6 Å². The average molecular weight is 336 g/mol. The fourth-order valence-corrected chi connectivity index (χ4v) is 3.28. The van der Waals surface area contributed by atoms with Gasteiger partial charge in [0, 0.05) is 18.8 Å². The predicted octanol–water partition coefficient (Wildman–Crippen LogP) is 4.38. The Morgan fingerprint density at radius 3 is 2.50 bits per heavy atom. The lowest BCUT2D eigenvalue weighted by Crippen LogP contribution is -2.42. The van der Waals surface area contributed by atoms with E-state index >= 15 is 0 Å². The van der Waals surface area contributed by atoms with Crippen LogP contribution in [0.3, 0.4) is 0 Å². The molecule has 1 fully saturated rings. The third-order valence-electron chi connectivity index (χ3n) is 4.66. The number of carbonyl (C=O) groups is 1. The Morgan fingerprint density at radius 2 is 1.92 bits per heavy atom. The number of nitrogens with zero attached hydrogens (tertiary/aromatic N) is 1. The lowest BCUT2D eigenvalue weighted by molar-refractivity contribution is 0.0172. The van der Waals surface area contributed by atoms with E-state index in [1.807, 2.05) is 27.8 Å². The van der Waals surface area contributed by atoms with Gasteiger partial charge in [0.25, 0.3) is 0 Å². The zero-order valence-electron chi connectivity index (χ0n) is 15.1. The topological polar surface area (TPSA) is 55.6 Å². The summed E-state index contributed by atoms with van der Waals surface area (Å²) in [5.41, 5.74) is 7.01. The maximum Gasteiger partial charge on any atom is 0.410 e. The molecule has 0 aromatic heterocycles. The Kier molecular flexibility index (Phi) is 5.73. The molecule has 1 aromatic rings. The largest absolute Gasteiger partial charge is 0.444 e. The molecule has 0 heterocycles. The lowest BCUT2D eigenvalue weighted by atomic mass is 9.82. The number of rotatable bonds is 3. The molecule has 0 aliphatic heterocycles. The van der Waals surface area contributed by atoms with Gasteiger partial charge in [-0.25, -0.2) is 9.18 Å². The molecule has 1 aliphatic carbocycles. The van der Waals surface area contributed by atoms with E-state index in [1.54, 1.807) is 11.0 Å². The van der Waals surface area contributed by atoms with Crippen LogP contribution >= 0.6 is 0 Å². The van der Waals surface area contributed by atoms with E-state index < -0.39 is 5.60 Å². The number of nitrogen functional groups attached to an aromatic ring is 1. The van der Waals surface area contributed by atoms with Crippen LogP contribution in [0, 0.1) is 11.7 Å². The minimum atomic E-state index is -0.475. The standard InChI is InChI=1S/C19H29FN2O2/c1-19(2,3)24-18(23)22(4)16-8-5-13(6-9-16)11-14-12-15(20)7-10-17(14)21/h7,10,12-13,16H,5-6,8-9,11,21H2,1-4H3. The minimum absolute atomic E-state index is 0.209. The number of nitrogens with two attached hydrogens (primary N) is 1. The first-order valence-electron chi connectivity index (χ1n) is 8.65. The summed E-state index contributed by atoms with van der Waals surface area (Å²) < 4.78 is 18.8. The smallest absolute Gasteiger partial charge is 0.410 e. The zero-order chi connectivity index (χ0) is 17.9. The van der Waals surface area contributed by atoms with Gasteiger partial charge in [0.15, 0.2) is 0 Å². The molecule has 2 rings (SSSR count). The van der Waals surface area contributed by atoms with E-state index in [0.717, 1.165) is 37.7 Å². The molecule has 4 nitrogen and oxygen atoms in total. The zero-order valence-corrected chi connectivity index (χ0v) is 15.1. The Balaban J connectivity index is 1.87. The maximum atomic E-state index is 13.4.